The molecule has 1 amide bonds. The lowest BCUT2D eigenvalue weighted by atomic mass is 10.1. The molecule has 0 spiro atoms. The molecule has 3 aromatic rings. The van der Waals surface area contributed by atoms with Gasteiger partial charge in [0.1, 0.15) is 11.4 Å². The highest BCUT2D eigenvalue weighted by atomic mass is 16.2. The fraction of sp³-hybridized carbons (Fsp3) is 0.318. The zero-order valence-electron chi connectivity index (χ0n) is 16.8. The quantitative estimate of drug-likeness (QED) is 0.719. The Hall–Kier alpha value is -3.55. The number of fused-ring (bicyclic) bond motifs is 3. The highest BCUT2D eigenvalue weighted by molar-refractivity contribution is 6.10. The van der Waals surface area contributed by atoms with Gasteiger partial charge >= 0.3 is 0 Å². The van der Waals surface area contributed by atoms with Crippen LogP contribution in [0.4, 0.5) is 17.5 Å². The first-order valence-corrected chi connectivity index (χ1v) is 10.3. The maximum Gasteiger partial charge on any atom is 0.263 e. The van der Waals surface area contributed by atoms with Gasteiger partial charge in [-0.15, -0.1) is 0 Å². The van der Waals surface area contributed by atoms with Crippen molar-refractivity contribution in [2.75, 3.05) is 34.8 Å². The van der Waals surface area contributed by atoms with Gasteiger partial charge in [-0.3, -0.25) is 14.8 Å². The molecule has 2 aliphatic heterocycles. The lowest BCUT2D eigenvalue weighted by molar-refractivity contribution is 0.0988. The number of nitrogens with one attached hydrogen (secondary N) is 1. The molecule has 30 heavy (non-hydrogen) atoms. The molecular weight excluding hydrogens is 378 g/mol. The molecule has 0 bridgehead atoms. The first-order valence-electron chi connectivity index (χ1n) is 10.3. The SMILES string of the molecule is CCNc1ncc2c(n1)N1CCCC1CN(c1cncc(-c3cccnc3)c1)C2=O. The number of hydrogen-bond donors (Lipinski definition) is 1. The summed E-state index contributed by atoms with van der Waals surface area (Å²) in [6.07, 6.45) is 10.8. The molecule has 8 nitrogen and oxygen atoms in total. The second-order valence-corrected chi connectivity index (χ2v) is 7.54. The first kappa shape index (κ1) is 18.5. The van der Waals surface area contributed by atoms with Crippen molar-refractivity contribution in [2.24, 2.45) is 0 Å². The van der Waals surface area contributed by atoms with E-state index in [0.717, 1.165) is 48.6 Å². The number of pyridine rings is 2. The van der Waals surface area contributed by atoms with E-state index in [9.17, 15) is 4.79 Å². The number of hydrogen-bond acceptors (Lipinski definition) is 7. The van der Waals surface area contributed by atoms with Crippen molar-refractivity contribution in [2.45, 2.75) is 25.8 Å². The van der Waals surface area contributed by atoms with Crippen LogP contribution in [0.5, 0.6) is 0 Å². The van der Waals surface area contributed by atoms with Crippen LogP contribution in [-0.2, 0) is 0 Å². The van der Waals surface area contributed by atoms with E-state index in [1.807, 2.05) is 30.0 Å². The van der Waals surface area contributed by atoms with E-state index in [1.54, 1.807) is 31.0 Å². The molecule has 1 atom stereocenters. The molecule has 2 aliphatic rings. The van der Waals surface area contributed by atoms with Gasteiger partial charge in [-0.1, -0.05) is 6.07 Å². The summed E-state index contributed by atoms with van der Waals surface area (Å²) in [6, 6.07) is 6.11. The molecule has 0 saturated carbocycles. The van der Waals surface area contributed by atoms with Crippen LogP contribution in [0, 0.1) is 0 Å². The maximum absolute atomic E-state index is 13.5. The van der Waals surface area contributed by atoms with E-state index in [1.165, 1.54) is 0 Å². The molecule has 5 heterocycles. The molecule has 1 fully saturated rings. The number of rotatable bonds is 4. The maximum atomic E-state index is 13.5. The van der Waals surface area contributed by atoms with Crippen molar-refractivity contribution >= 4 is 23.4 Å². The van der Waals surface area contributed by atoms with Gasteiger partial charge in [0, 0.05) is 61.6 Å². The van der Waals surface area contributed by atoms with Gasteiger partial charge in [0.05, 0.1) is 11.9 Å². The molecule has 0 aromatic carbocycles. The third kappa shape index (κ3) is 3.24. The van der Waals surface area contributed by atoms with Crippen LogP contribution in [0.2, 0.25) is 0 Å². The predicted molar refractivity (Wildman–Crippen MR) is 116 cm³/mol. The highest BCUT2D eigenvalue weighted by Crippen LogP contribution is 2.34. The largest absolute Gasteiger partial charge is 0.354 e. The molecule has 0 aliphatic carbocycles. The number of carbonyl (C=O) groups is 1. The third-order valence-electron chi connectivity index (χ3n) is 5.65. The predicted octanol–water partition coefficient (Wildman–Crippen LogP) is 2.99. The van der Waals surface area contributed by atoms with Gasteiger partial charge in [-0.2, -0.15) is 4.98 Å². The summed E-state index contributed by atoms with van der Waals surface area (Å²) in [7, 11) is 0. The number of aromatic nitrogens is 4. The van der Waals surface area contributed by atoms with Crippen molar-refractivity contribution in [3.05, 3.63) is 54.7 Å². The molecule has 1 N–H and O–H groups in total. The minimum absolute atomic E-state index is 0.0902. The summed E-state index contributed by atoms with van der Waals surface area (Å²) in [5.74, 6) is 1.20. The molecular formula is C22H23N7O. The molecule has 8 heteroatoms. The summed E-state index contributed by atoms with van der Waals surface area (Å²) >= 11 is 0. The molecule has 5 rings (SSSR count). The third-order valence-corrected chi connectivity index (χ3v) is 5.65. The number of anilines is 3. The van der Waals surface area contributed by atoms with Gasteiger partial charge in [0.2, 0.25) is 5.95 Å². The van der Waals surface area contributed by atoms with Crippen molar-refractivity contribution in [1.82, 2.24) is 19.9 Å². The Labute approximate surface area is 175 Å². The summed E-state index contributed by atoms with van der Waals surface area (Å²) in [5.41, 5.74) is 3.21. The fourth-order valence-corrected chi connectivity index (χ4v) is 4.22. The van der Waals surface area contributed by atoms with Crippen molar-refractivity contribution < 1.29 is 4.79 Å². The van der Waals surface area contributed by atoms with Crippen molar-refractivity contribution in [3.8, 4) is 11.1 Å². The van der Waals surface area contributed by atoms with Gasteiger partial charge < -0.3 is 15.1 Å². The van der Waals surface area contributed by atoms with Gasteiger partial charge in [-0.05, 0) is 31.9 Å². The van der Waals surface area contributed by atoms with Crippen LogP contribution >= 0.6 is 0 Å². The van der Waals surface area contributed by atoms with E-state index in [2.05, 4.69) is 30.2 Å². The fourth-order valence-electron chi connectivity index (χ4n) is 4.22. The van der Waals surface area contributed by atoms with Crippen LogP contribution in [-0.4, -0.2) is 51.5 Å². The monoisotopic (exact) mass is 401 g/mol. The van der Waals surface area contributed by atoms with Crippen LogP contribution in [0.3, 0.4) is 0 Å². The van der Waals surface area contributed by atoms with Crippen molar-refractivity contribution in [1.29, 1.82) is 0 Å². The molecule has 3 aromatic heterocycles. The van der Waals surface area contributed by atoms with Crippen LogP contribution in [0.1, 0.15) is 30.1 Å². The number of carbonyl (C=O) groups excluding carboxylic acids is 1. The number of nitrogens with zero attached hydrogens (tertiary/aromatic N) is 6. The highest BCUT2D eigenvalue weighted by Gasteiger charge is 2.37. The molecule has 1 unspecified atom stereocenters. The van der Waals surface area contributed by atoms with Gasteiger partial charge in [-0.25, -0.2) is 4.98 Å². The van der Waals surface area contributed by atoms with Gasteiger partial charge in [0.25, 0.3) is 5.91 Å². The van der Waals surface area contributed by atoms with E-state index >= 15 is 0 Å². The van der Waals surface area contributed by atoms with Gasteiger partial charge in [0.15, 0.2) is 0 Å². The van der Waals surface area contributed by atoms with Crippen LogP contribution < -0.4 is 15.1 Å². The Balaban J connectivity index is 1.56. The molecule has 0 radical (unpaired) electrons. The van der Waals surface area contributed by atoms with Crippen LogP contribution in [0.25, 0.3) is 11.1 Å². The summed E-state index contributed by atoms with van der Waals surface area (Å²) < 4.78 is 0. The average Bonchev–Trinajstić information content (AvgIpc) is 3.22. The Morgan fingerprint density at radius 1 is 1.17 bits per heavy atom. The van der Waals surface area contributed by atoms with E-state index < -0.39 is 0 Å². The second kappa shape index (κ2) is 7.70. The van der Waals surface area contributed by atoms with Crippen LogP contribution in [0.15, 0.2) is 49.2 Å². The summed E-state index contributed by atoms with van der Waals surface area (Å²) in [4.78, 5) is 35.3. The lowest BCUT2D eigenvalue weighted by Crippen LogP contribution is -2.39. The molecule has 1 saturated heterocycles. The topological polar surface area (TPSA) is 87.1 Å². The zero-order valence-corrected chi connectivity index (χ0v) is 16.8. The van der Waals surface area contributed by atoms with E-state index in [0.29, 0.717) is 18.1 Å². The minimum Gasteiger partial charge on any atom is -0.354 e. The first-order chi connectivity index (χ1) is 14.7. The Morgan fingerprint density at radius 3 is 2.90 bits per heavy atom. The summed E-state index contributed by atoms with van der Waals surface area (Å²) in [5, 5.41) is 3.15. The second-order valence-electron chi connectivity index (χ2n) is 7.54. The normalized spacial score (nSPS) is 18.0. The van der Waals surface area contributed by atoms with E-state index in [-0.39, 0.29) is 11.9 Å². The number of amides is 1. The average molecular weight is 401 g/mol. The Kier molecular flexibility index (Phi) is 4.74. The Morgan fingerprint density at radius 2 is 2.07 bits per heavy atom. The Bertz CT molecular complexity index is 1070. The molecule has 152 valence electrons. The zero-order chi connectivity index (χ0) is 20.5. The standard InChI is InChI=1S/C22H23N7O/c1-2-25-22-26-13-19-20(27-22)28-8-4-6-17(28)14-29(21(19)30)18-9-16(11-24-12-18)15-5-3-7-23-10-15/h3,5,7,9-13,17H,2,4,6,8,14H2,1H3,(H,25,26,27). The smallest absolute Gasteiger partial charge is 0.263 e. The van der Waals surface area contributed by atoms with E-state index in [4.69, 9.17) is 0 Å². The minimum atomic E-state index is -0.0902. The van der Waals surface area contributed by atoms with Crippen molar-refractivity contribution in [3.63, 3.8) is 0 Å². The summed E-state index contributed by atoms with van der Waals surface area (Å²) in [6.45, 7) is 4.23. The lowest BCUT2D eigenvalue weighted by Gasteiger charge is -2.27.